The minimum Gasteiger partial charge on any atom is -0.464 e. The SMILES string of the molecule is CCOC(=O)C(N=Cc1c(N)cc(Br)cc1F)C(=O)C1CCCN1C=O. The average Bonchev–Trinajstić information content (AvgIpc) is 3.05. The van der Waals surface area contributed by atoms with Crippen molar-refractivity contribution in [3.8, 4) is 0 Å². The standard InChI is InChI=1S/C17H19BrFN3O4/c1-2-26-17(25)15(16(24)14-4-3-5-22(14)9-23)21-8-11-12(19)6-10(18)7-13(11)20/h6-9,14-15H,2-5,20H2,1H3. The van der Waals surface area contributed by atoms with Crippen molar-refractivity contribution < 1.29 is 23.5 Å². The van der Waals surface area contributed by atoms with Crippen LogP contribution in [-0.4, -0.2) is 54.5 Å². The van der Waals surface area contributed by atoms with Gasteiger partial charge in [0.2, 0.25) is 12.5 Å². The summed E-state index contributed by atoms with van der Waals surface area (Å²) in [6, 6.07) is 0.454. The Hall–Kier alpha value is -2.29. The van der Waals surface area contributed by atoms with Crippen molar-refractivity contribution >= 4 is 46.0 Å². The third kappa shape index (κ3) is 4.46. The third-order valence-corrected chi connectivity index (χ3v) is 4.47. The number of Topliss-reactive ketones (excluding diaryl/α,β-unsaturated/α-hetero) is 1. The number of halogens is 2. The predicted molar refractivity (Wildman–Crippen MR) is 97.3 cm³/mol. The van der Waals surface area contributed by atoms with Crippen molar-refractivity contribution in [1.82, 2.24) is 4.90 Å². The van der Waals surface area contributed by atoms with Gasteiger partial charge in [-0.2, -0.15) is 0 Å². The maximum Gasteiger partial charge on any atom is 0.338 e. The zero-order chi connectivity index (χ0) is 19.3. The van der Waals surface area contributed by atoms with E-state index < -0.39 is 29.7 Å². The molecule has 1 heterocycles. The molecule has 1 aliphatic rings. The Morgan fingerprint density at radius 2 is 2.27 bits per heavy atom. The molecule has 1 aromatic carbocycles. The highest BCUT2D eigenvalue weighted by Gasteiger charge is 2.38. The molecule has 0 spiro atoms. The fourth-order valence-electron chi connectivity index (χ4n) is 2.76. The molecule has 26 heavy (non-hydrogen) atoms. The van der Waals surface area contributed by atoms with Gasteiger partial charge in [0, 0.05) is 22.9 Å². The van der Waals surface area contributed by atoms with Crippen molar-refractivity contribution in [2.45, 2.75) is 31.8 Å². The maximum absolute atomic E-state index is 14.1. The van der Waals surface area contributed by atoms with Crippen LogP contribution in [0.4, 0.5) is 10.1 Å². The molecule has 1 saturated heterocycles. The summed E-state index contributed by atoms with van der Waals surface area (Å²) in [5.41, 5.74) is 5.84. The van der Waals surface area contributed by atoms with Crippen LogP contribution in [0.25, 0.3) is 0 Å². The molecule has 0 aromatic heterocycles. The summed E-state index contributed by atoms with van der Waals surface area (Å²) in [7, 11) is 0. The number of ketones is 1. The lowest BCUT2D eigenvalue weighted by Crippen LogP contribution is -2.44. The van der Waals surface area contributed by atoms with Crippen LogP contribution in [-0.2, 0) is 19.1 Å². The van der Waals surface area contributed by atoms with Gasteiger partial charge in [-0.15, -0.1) is 0 Å². The second-order valence-electron chi connectivity index (χ2n) is 5.73. The number of likely N-dealkylation sites (tertiary alicyclic amines) is 1. The van der Waals surface area contributed by atoms with E-state index in [1.165, 1.54) is 17.0 Å². The summed E-state index contributed by atoms with van der Waals surface area (Å²) in [6.07, 6.45) is 2.73. The molecule has 1 fully saturated rings. The van der Waals surface area contributed by atoms with Crippen molar-refractivity contribution in [3.05, 3.63) is 28.0 Å². The first-order valence-corrected chi connectivity index (χ1v) is 8.87. The van der Waals surface area contributed by atoms with Gasteiger partial charge < -0.3 is 15.4 Å². The number of aliphatic imine (C=N–C) groups is 1. The number of nitrogens with two attached hydrogens (primary N) is 1. The quantitative estimate of drug-likeness (QED) is 0.234. The van der Waals surface area contributed by atoms with Gasteiger partial charge in [-0.3, -0.25) is 14.6 Å². The number of nitrogens with zero attached hydrogens (tertiary/aromatic N) is 2. The van der Waals surface area contributed by atoms with Crippen LogP contribution in [0.1, 0.15) is 25.3 Å². The highest BCUT2D eigenvalue weighted by molar-refractivity contribution is 9.10. The first-order chi connectivity index (χ1) is 12.4. The highest BCUT2D eigenvalue weighted by Crippen LogP contribution is 2.22. The Morgan fingerprint density at radius 3 is 2.88 bits per heavy atom. The highest BCUT2D eigenvalue weighted by atomic mass is 79.9. The van der Waals surface area contributed by atoms with Gasteiger partial charge in [0.15, 0.2) is 5.78 Å². The van der Waals surface area contributed by atoms with Crippen LogP contribution in [0.5, 0.6) is 0 Å². The van der Waals surface area contributed by atoms with Crippen LogP contribution in [0, 0.1) is 5.82 Å². The topological polar surface area (TPSA) is 102 Å². The number of carbonyl (C=O) groups is 3. The molecular formula is C17H19BrFN3O4. The average molecular weight is 428 g/mol. The minimum atomic E-state index is -1.48. The lowest BCUT2D eigenvalue weighted by molar-refractivity contribution is -0.149. The summed E-state index contributed by atoms with van der Waals surface area (Å²) in [5.74, 6) is -2.05. The van der Waals surface area contributed by atoms with Gasteiger partial charge in [0.1, 0.15) is 5.82 Å². The van der Waals surface area contributed by atoms with Gasteiger partial charge >= 0.3 is 5.97 Å². The second-order valence-corrected chi connectivity index (χ2v) is 6.64. The van der Waals surface area contributed by atoms with Gasteiger partial charge in [0.25, 0.3) is 0 Å². The minimum absolute atomic E-state index is 0.0334. The zero-order valence-corrected chi connectivity index (χ0v) is 15.7. The van der Waals surface area contributed by atoms with E-state index >= 15 is 0 Å². The smallest absolute Gasteiger partial charge is 0.338 e. The first kappa shape index (κ1) is 20.0. The molecule has 1 aliphatic heterocycles. The lowest BCUT2D eigenvalue weighted by atomic mass is 10.0. The number of carbonyl (C=O) groups excluding carboxylic acids is 3. The molecule has 2 N–H and O–H groups in total. The van der Waals surface area contributed by atoms with E-state index in [0.717, 1.165) is 6.21 Å². The number of anilines is 1. The molecule has 1 aromatic rings. The molecule has 2 atom stereocenters. The van der Waals surface area contributed by atoms with Crippen molar-refractivity contribution in [2.24, 2.45) is 4.99 Å². The molecule has 0 saturated carbocycles. The number of amides is 1. The first-order valence-electron chi connectivity index (χ1n) is 8.08. The van der Waals surface area contributed by atoms with E-state index in [2.05, 4.69) is 20.9 Å². The number of benzene rings is 1. The van der Waals surface area contributed by atoms with Crippen LogP contribution in [0.3, 0.4) is 0 Å². The van der Waals surface area contributed by atoms with Crippen LogP contribution >= 0.6 is 15.9 Å². The number of rotatable bonds is 7. The summed E-state index contributed by atoms with van der Waals surface area (Å²) in [6.45, 7) is 2.10. The number of ether oxygens (including phenoxy) is 1. The van der Waals surface area contributed by atoms with Crippen LogP contribution in [0.15, 0.2) is 21.6 Å². The maximum atomic E-state index is 14.1. The summed E-state index contributed by atoms with van der Waals surface area (Å²) in [4.78, 5) is 41.3. The second kappa shape index (κ2) is 8.88. The van der Waals surface area contributed by atoms with Gasteiger partial charge in [-0.1, -0.05) is 15.9 Å². The lowest BCUT2D eigenvalue weighted by Gasteiger charge is -2.21. The van der Waals surface area contributed by atoms with E-state index in [1.54, 1.807) is 6.92 Å². The molecule has 0 radical (unpaired) electrons. The summed E-state index contributed by atoms with van der Waals surface area (Å²) >= 11 is 3.12. The van der Waals surface area contributed by atoms with Crippen molar-refractivity contribution in [2.75, 3.05) is 18.9 Å². The molecular weight excluding hydrogens is 409 g/mol. The molecule has 0 bridgehead atoms. The normalized spacial score (nSPS) is 18.1. The van der Waals surface area contributed by atoms with Crippen LogP contribution in [0.2, 0.25) is 0 Å². The van der Waals surface area contributed by atoms with Gasteiger partial charge in [-0.05, 0) is 31.9 Å². The molecule has 1 amide bonds. The Kier molecular flexibility index (Phi) is 6.84. The molecule has 9 heteroatoms. The van der Waals surface area contributed by atoms with Gasteiger partial charge in [-0.25, -0.2) is 9.18 Å². The van der Waals surface area contributed by atoms with E-state index in [-0.39, 0.29) is 17.9 Å². The molecule has 7 nitrogen and oxygen atoms in total. The van der Waals surface area contributed by atoms with Crippen molar-refractivity contribution in [3.63, 3.8) is 0 Å². The Balaban J connectivity index is 2.32. The fourth-order valence-corrected chi connectivity index (χ4v) is 3.21. The largest absolute Gasteiger partial charge is 0.464 e. The zero-order valence-electron chi connectivity index (χ0n) is 14.2. The Bertz CT molecular complexity index is 718. The predicted octanol–water partition coefficient (Wildman–Crippen LogP) is 1.71. The molecule has 2 unspecified atom stereocenters. The third-order valence-electron chi connectivity index (χ3n) is 4.02. The summed E-state index contributed by atoms with van der Waals surface area (Å²) in [5, 5.41) is 0. The molecule has 2 rings (SSSR count). The van der Waals surface area contributed by atoms with Crippen LogP contribution < -0.4 is 5.73 Å². The van der Waals surface area contributed by atoms with Gasteiger partial charge in [0.05, 0.1) is 18.2 Å². The van der Waals surface area contributed by atoms with E-state index in [4.69, 9.17) is 10.5 Å². The molecule has 140 valence electrons. The molecule has 0 aliphatic carbocycles. The number of hydrogen-bond donors (Lipinski definition) is 1. The van der Waals surface area contributed by atoms with Crippen molar-refractivity contribution in [1.29, 1.82) is 0 Å². The Morgan fingerprint density at radius 1 is 1.54 bits per heavy atom. The summed E-state index contributed by atoms with van der Waals surface area (Å²) < 4.78 is 19.4. The fraction of sp³-hybridized carbons (Fsp3) is 0.412. The number of nitrogen functional groups attached to an aromatic ring is 1. The van der Waals surface area contributed by atoms with E-state index in [0.29, 0.717) is 30.3 Å². The van der Waals surface area contributed by atoms with E-state index in [1.807, 2.05) is 0 Å². The number of esters is 1. The monoisotopic (exact) mass is 427 g/mol. The Labute approximate surface area is 158 Å². The van der Waals surface area contributed by atoms with E-state index in [9.17, 15) is 18.8 Å². The number of hydrogen-bond acceptors (Lipinski definition) is 6.